The van der Waals surface area contributed by atoms with Gasteiger partial charge in [-0.3, -0.25) is 14.4 Å². The molecule has 1 saturated heterocycles. The Kier molecular flexibility index (Phi) is 5.58. The second kappa shape index (κ2) is 8.05. The summed E-state index contributed by atoms with van der Waals surface area (Å²) in [7, 11) is 0. The van der Waals surface area contributed by atoms with Gasteiger partial charge in [-0.25, -0.2) is 0 Å². The fourth-order valence-corrected chi connectivity index (χ4v) is 2.83. The molecule has 136 valence electrons. The van der Waals surface area contributed by atoms with Crippen molar-refractivity contribution in [3.05, 3.63) is 53.4 Å². The number of anilines is 1. The number of carbonyl (C=O) groups is 3. The summed E-state index contributed by atoms with van der Waals surface area (Å²) in [5, 5.41) is 3.23. The van der Waals surface area contributed by atoms with Crippen LogP contribution in [0.15, 0.2) is 47.1 Å². The van der Waals surface area contributed by atoms with Crippen molar-refractivity contribution in [2.45, 2.75) is 6.42 Å². The molecule has 8 heteroatoms. The second-order valence-corrected chi connectivity index (χ2v) is 6.32. The molecule has 0 saturated carbocycles. The lowest BCUT2D eigenvalue weighted by atomic mass is 10.2. The van der Waals surface area contributed by atoms with E-state index in [0.717, 1.165) is 0 Å². The summed E-state index contributed by atoms with van der Waals surface area (Å²) < 4.78 is 5.11. The van der Waals surface area contributed by atoms with Crippen molar-refractivity contribution >= 4 is 35.0 Å². The Balaban J connectivity index is 1.46. The van der Waals surface area contributed by atoms with Crippen LogP contribution in [0.3, 0.4) is 0 Å². The topological polar surface area (TPSA) is 82.9 Å². The maximum atomic E-state index is 12.3. The Labute approximate surface area is 155 Å². The van der Waals surface area contributed by atoms with Gasteiger partial charge in [0.05, 0.1) is 6.26 Å². The minimum atomic E-state index is -0.383. The van der Waals surface area contributed by atoms with Crippen molar-refractivity contribution < 1.29 is 18.8 Å². The number of hydrogen-bond acceptors (Lipinski definition) is 4. The molecular formula is C18H18ClN3O4. The summed E-state index contributed by atoms with van der Waals surface area (Å²) in [6.07, 6.45) is 1.21. The van der Waals surface area contributed by atoms with Crippen LogP contribution >= 0.6 is 11.6 Å². The molecule has 1 aliphatic heterocycles. The van der Waals surface area contributed by atoms with Gasteiger partial charge in [0.15, 0.2) is 5.76 Å². The van der Waals surface area contributed by atoms with Crippen molar-refractivity contribution in [2.75, 3.05) is 31.5 Å². The van der Waals surface area contributed by atoms with Crippen molar-refractivity contribution in [3.63, 3.8) is 0 Å². The second-order valence-electron chi connectivity index (χ2n) is 5.88. The third kappa shape index (κ3) is 4.43. The van der Waals surface area contributed by atoms with E-state index in [1.54, 1.807) is 46.2 Å². The van der Waals surface area contributed by atoms with Crippen LogP contribution in [0.1, 0.15) is 17.0 Å². The summed E-state index contributed by atoms with van der Waals surface area (Å²) in [6.45, 7) is 1.59. The number of furan rings is 1. The summed E-state index contributed by atoms with van der Waals surface area (Å²) in [5.41, 5.74) is 0.584. The van der Waals surface area contributed by atoms with E-state index in [1.807, 2.05) is 0 Å². The zero-order valence-corrected chi connectivity index (χ0v) is 14.7. The molecule has 2 aromatic rings. The average molecular weight is 376 g/mol. The largest absolute Gasteiger partial charge is 0.459 e. The number of benzene rings is 1. The number of rotatable bonds is 4. The summed E-state index contributed by atoms with van der Waals surface area (Å²) in [6, 6.07) is 9.93. The standard InChI is InChI=1S/C18H18ClN3O4/c19-13-3-5-14(6-4-13)20-16(23)12-17(24)21-7-9-22(10-8-21)18(25)15-2-1-11-26-15/h1-6,11H,7-10,12H2,(H,20,23). The summed E-state index contributed by atoms with van der Waals surface area (Å²) in [4.78, 5) is 39.7. The Morgan fingerprint density at radius 3 is 2.27 bits per heavy atom. The van der Waals surface area contributed by atoms with Gasteiger partial charge in [0.2, 0.25) is 11.8 Å². The van der Waals surface area contributed by atoms with E-state index in [-0.39, 0.29) is 29.9 Å². The van der Waals surface area contributed by atoms with Crippen LogP contribution in [0.25, 0.3) is 0 Å². The highest BCUT2D eigenvalue weighted by Crippen LogP contribution is 2.14. The first-order chi connectivity index (χ1) is 12.5. The van der Waals surface area contributed by atoms with Crippen LogP contribution in [0, 0.1) is 0 Å². The van der Waals surface area contributed by atoms with Crippen molar-refractivity contribution in [1.82, 2.24) is 9.80 Å². The molecule has 3 amide bonds. The summed E-state index contributed by atoms with van der Waals surface area (Å²) in [5.74, 6) is -0.553. The molecule has 0 radical (unpaired) electrons. The Morgan fingerprint density at radius 1 is 1.00 bits per heavy atom. The highest BCUT2D eigenvalue weighted by Gasteiger charge is 2.26. The Bertz CT molecular complexity index is 781. The molecule has 3 rings (SSSR count). The lowest BCUT2D eigenvalue weighted by Gasteiger charge is -2.34. The highest BCUT2D eigenvalue weighted by atomic mass is 35.5. The first-order valence-electron chi connectivity index (χ1n) is 8.19. The fourth-order valence-electron chi connectivity index (χ4n) is 2.70. The maximum absolute atomic E-state index is 12.3. The molecule has 26 heavy (non-hydrogen) atoms. The first-order valence-corrected chi connectivity index (χ1v) is 8.57. The molecular weight excluding hydrogens is 358 g/mol. The van der Waals surface area contributed by atoms with E-state index in [4.69, 9.17) is 16.0 Å². The lowest BCUT2D eigenvalue weighted by molar-refractivity contribution is -0.135. The molecule has 1 aliphatic rings. The van der Waals surface area contributed by atoms with Gasteiger partial charge in [0, 0.05) is 36.9 Å². The van der Waals surface area contributed by atoms with Gasteiger partial charge in [0.1, 0.15) is 6.42 Å². The number of nitrogens with one attached hydrogen (secondary N) is 1. The van der Waals surface area contributed by atoms with Gasteiger partial charge in [-0.05, 0) is 36.4 Å². The average Bonchev–Trinajstić information content (AvgIpc) is 3.18. The number of piperazine rings is 1. The molecule has 1 N–H and O–H groups in total. The molecule has 7 nitrogen and oxygen atoms in total. The van der Waals surface area contributed by atoms with Crippen LogP contribution < -0.4 is 5.32 Å². The number of hydrogen-bond donors (Lipinski definition) is 1. The van der Waals surface area contributed by atoms with Crippen LogP contribution in [0.5, 0.6) is 0 Å². The van der Waals surface area contributed by atoms with E-state index in [9.17, 15) is 14.4 Å². The number of carbonyl (C=O) groups excluding carboxylic acids is 3. The molecule has 0 aliphatic carbocycles. The van der Waals surface area contributed by atoms with E-state index in [0.29, 0.717) is 36.9 Å². The third-order valence-electron chi connectivity index (χ3n) is 4.09. The van der Waals surface area contributed by atoms with Gasteiger partial charge in [-0.2, -0.15) is 0 Å². The van der Waals surface area contributed by atoms with E-state index in [2.05, 4.69) is 5.32 Å². The zero-order chi connectivity index (χ0) is 18.5. The van der Waals surface area contributed by atoms with Crippen LogP contribution in [-0.4, -0.2) is 53.7 Å². The fraction of sp³-hybridized carbons (Fsp3) is 0.278. The zero-order valence-electron chi connectivity index (χ0n) is 14.0. The van der Waals surface area contributed by atoms with Crippen molar-refractivity contribution in [3.8, 4) is 0 Å². The third-order valence-corrected chi connectivity index (χ3v) is 4.34. The normalized spacial score (nSPS) is 14.2. The van der Waals surface area contributed by atoms with Crippen molar-refractivity contribution in [2.24, 2.45) is 0 Å². The molecule has 0 unspecified atom stereocenters. The maximum Gasteiger partial charge on any atom is 0.289 e. The first kappa shape index (κ1) is 18.0. The van der Waals surface area contributed by atoms with E-state index < -0.39 is 0 Å². The Morgan fingerprint density at radius 2 is 1.65 bits per heavy atom. The molecule has 1 aromatic heterocycles. The van der Waals surface area contributed by atoms with Crippen LogP contribution in [0.2, 0.25) is 5.02 Å². The number of nitrogens with zero attached hydrogens (tertiary/aromatic N) is 2. The monoisotopic (exact) mass is 375 g/mol. The molecule has 0 atom stereocenters. The molecule has 1 fully saturated rings. The van der Waals surface area contributed by atoms with E-state index >= 15 is 0 Å². The van der Waals surface area contributed by atoms with Crippen LogP contribution in [-0.2, 0) is 9.59 Å². The molecule has 1 aromatic carbocycles. The predicted molar refractivity (Wildman–Crippen MR) is 95.9 cm³/mol. The van der Waals surface area contributed by atoms with E-state index in [1.165, 1.54) is 6.26 Å². The lowest BCUT2D eigenvalue weighted by Crippen LogP contribution is -2.51. The summed E-state index contributed by atoms with van der Waals surface area (Å²) >= 11 is 5.79. The van der Waals surface area contributed by atoms with Crippen LogP contribution in [0.4, 0.5) is 5.69 Å². The SMILES string of the molecule is O=C(CC(=O)N1CCN(C(=O)c2ccco2)CC1)Nc1ccc(Cl)cc1. The van der Waals surface area contributed by atoms with Gasteiger partial charge < -0.3 is 19.5 Å². The molecule has 0 bridgehead atoms. The van der Waals surface area contributed by atoms with Gasteiger partial charge >= 0.3 is 0 Å². The number of halogens is 1. The highest BCUT2D eigenvalue weighted by molar-refractivity contribution is 6.30. The van der Waals surface area contributed by atoms with Gasteiger partial charge in [-0.1, -0.05) is 11.6 Å². The number of amides is 3. The predicted octanol–water partition coefficient (Wildman–Crippen LogP) is 2.25. The quantitative estimate of drug-likeness (QED) is 0.831. The van der Waals surface area contributed by atoms with Gasteiger partial charge in [-0.15, -0.1) is 0 Å². The van der Waals surface area contributed by atoms with Crippen molar-refractivity contribution in [1.29, 1.82) is 0 Å². The molecule has 2 heterocycles. The van der Waals surface area contributed by atoms with Gasteiger partial charge in [0.25, 0.3) is 5.91 Å². The minimum absolute atomic E-state index is 0.192. The molecule has 0 spiro atoms. The Hall–Kier alpha value is -2.80. The minimum Gasteiger partial charge on any atom is -0.459 e. The smallest absolute Gasteiger partial charge is 0.289 e.